The molecule has 3 aromatic heterocycles. The van der Waals surface area contributed by atoms with Gasteiger partial charge in [0.05, 0.1) is 28.2 Å². The number of amides is 4. The minimum atomic E-state index is -4.71. The van der Waals surface area contributed by atoms with Crippen LogP contribution in [0.2, 0.25) is 0 Å². The van der Waals surface area contributed by atoms with E-state index in [1.807, 2.05) is 34.0 Å². The lowest BCUT2D eigenvalue weighted by molar-refractivity contribution is -0.165. The van der Waals surface area contributed by atoms with Crippen LogP contribution in [0.15, 0.2) is 59.5 Å². The van der Waals surface area contributed by atoms with E-state index in [2.05, 4.69) is 20.5 Å². The molecule has 3 saturated heterocycles. The number of hydrogen-bond donors (Lipinski definition) is 3. The number of halogens is 3. The van der Waals surface area contributed by atoms with Gasteiger partial charge in [-0.3, -0.25) is 43.2 Å². The van der Waals surface area contributed by atoms with Crippen LogP contribution in [0.4, 0.5) is 18.9 Å². The van der Waals surface area contributed by atoms with E-state index in [9.17, 15) is 42.3 Å². The molecule has 1 aliphatic carbocycles. The number of para-hydroxylation sites is 1. The molecule has 4 amide bonds. The van der Waals surface area contributed by atoms with Gasteiger partial charge in [0.25, 0.3) is 5.91 Å². The first kappa shape index (κ1) is 40.5. The number of piperidine rings is 1. The monoisotopic (exact) mass is 841 g/mol. The van der Waals surface area contributed by atoms with Gasteiger partial charge in [0, 0.05) is 80.4 Å². The summed E-state index contributed by atoms with van der Waals surface area (Å²) in [6.07, 6.45) is 0.471. The molecule has 61 heavy (non-hydrogen) atoms. The zero-order valence-electron chi connectivity index (χ0n) is 34.0. The van der Waals surface area contributed by atoms with Gasteiger partial charge in [-0.2, -0.15) is 18.3 Å². The predicted octanol–water partition coefficient (Wildman–Crippen LogP) is 4.64. The van der Waals surface area contributed by atoms with Crippen molar-refractivity contribution in [1.82, 2.24) is 39.0 Å². The molecule has 6 heterocycles. The topological polar surface area (TPSA) is 177 Å². The number of anilines is 1. The Morgan fingerprint density at radius 2 is 1.69 bits per heavy atom. The zero-order chi connectivity index (χ0) is 43.2. The molecule has 4 aliphatic rings. The van der Waals surface area contributed by atoms with Crippen molar-refractivity contribution < 1.29 is 37.5 Å². The average molecular weight is 842 g/mol. The molecule has 18 heteroatoms. The number of rotatable bonds is 8. The number of pyridine rings is 1. The summed E-state index contributed by atoms with van der Waals surface area (Å²) in [5.41, 5.74) is 0.290. The molecule has 9 rings (SSSR count). The average Bonchev–Trinajstić information content (AvgIpc) is 3.71. The van der Waals surface area contributed by atoms with Gasteiger partial charge in [0.2, 0.25) is 17.7 Å². The highest BCUT2D eigenvalue weighted by Gasteiger charge is 2.53. The summed E-state index contributed by atoms with van der Waals surface area (Å²) in [4.78, 5) is 72.3. The third kappa shape index (κ3) is 7.38. The lowest BCUT2D eigenvalue weighted by atomic mass is 9.71. The molecule has 0 bridgehead atoms. The molecule has 3 N–H and O–H groups in total. The van der Waals surface area contributed by atoms with Gasteiger partial charge < -0.3 is 15.3 Å². The van der Waals surface area contributed by atoms with Crippen LogP contribution in [0.5, 0.6) is 0 Å². The van der Waals surface area contributed by atoms with Crippen LogP contribution in [-0.2, 0) is 39.8 Å². The number of carbonyl (C=O) groups excluding carboxylic acids is 4. The summed E-state index contributed by atoms with van der Waals surface area (Å²) in [5.74, 6) is -1.56. The van der Waals surface area contributed by atoms with Crippen LogP contribution in [0.1, 0.15) is 91.8 Å². The summed E-state index contributed by atoms with van der Waals surface area (Å²) in [6, 6.07) is 11.4. The smallest absolute Gasteiger partial charge is 0.386 e. The third-order valence-corrected chi connectivity index (χ3v) is 12.8. The van der Waals surface area contributed by atoms with Gasteiger partial charge in [-0.1, -0.05) is 18.2 Å². The molecular weight excluding hydrogens is 796 g/mol. The second-order valence-electron chi connectivity index (χ2n) is 17.8. The number of nitrogens with zero attached hydrogens (tertiary/aromatic N) is 7. The molecule has 2 aromatic carbocycles. The van der Waals surface area contributed by atoms with Gasteiger partial charge in [0.15, 0.2) is 0 Å². The van der Waals surface area contributed by atoms with E-state index in [4.69, 9.17) is 5.10 Å². The summed E-state index contributed by atoms with van der Waals surface area (Å²) in [6.45, 7) is 6.78. The molecule has 4 fully saturated rings. The van der Waals surface area contributed by atoms with Crippen molar-refractivity contribution in [3.8, 4) is 0 Å². The fourth-order valence-corrected chi connectivity index (χ4v) is 9.89. The van der Waals surface area contributed by atoms with Gasteiger partial charge in [-0.05, 0) is 81.8 Å². The number of fused-ring (bicyclic) bond motifs is 2. The number of imidazole rings is 1. The number of benzene rings is 2. The Bertz CT molecular complexity index is 2670. The van der Waals surface area contributed by atoms with Crippen molar-refractivity contribution in [2.24, 2.45) is 18.4 Å². The van der Waals surface area contributed by atoms with Crippen molar-refractivity contribution in [2.45, 2.75) is 82.8 Å². The molecule has 1 atom stereocenters. The van der Waals surface area contributed by atoms with Gasteiger partial charge in [0.1, 0.15) is 17.4 Å². The molecule has 5 aromatic rings. The lowest BCUT2D eigenvalue weighted by Gasteiger charge is -2.61. The van der Waals surface area contributed by atoms with Crippen molar-refractivity contribution in [3.05, 3.63) is 87.7 Å². The Morgan fingerprint density at radius 1 is 0.967 bits per heavy atom. The molecule has 15 nitrogen and oxygen atoms in total. The van der Waals surface area contributed by atoms with E-state index in [0.29, 0.717) is 54.5 Å². The largest absolute Gasteiger partial charge is 0.433 e. The maximum atomic E-state index is 13.7. The first-order valence-corrected chi connectivity index (χ1v) is 20.5. The van der Waals surface area contributed by atoms with Crippen LogP contribution in [0, 0.1) is 11.3 Å². The highest BCUT2D eigenvalue weighted by atomic mass is 19.4. The van der Waals surface area contributed by atoms with E-state index in [1.54, 1.807) is 37.6 Å². The number of likely N-dealkylation sites (tertiary alicyclic amines) is 2. The number of aliphatic hydroxyl groups is 1. The first-order valence-electron chi connectivity index (χ1n) is 20.5. The van der Waals surface area contributed by atoms with Gasteiger partial charge in [-0.25, -0.2) is 9.78 Å². The van der Waals surface area contributed by atoms with E-state index >= 15 is 0 Å². The number of carbonyl (C=O) groups is 4. The standard InChI is InChI=1S/C43H46F3N9O6/c1-41(2,61)28-17-30-26(16-31(28)48-37(57)29-7-5-9-34(47-29)43(44,45)46)19-54(50-30)27-12-10-24(11-13-27)39(59)53-22-42(23-53)20-52(21-42)18-25-6-4-8-32-36(25)51(3)40(60)55(32)33-14-15-35(56)49-38(33)58/h4-9,16-17,19,24,27,33,61H,10-15,18,20-23H2,1-3H3,(H,48,57)(H,49,56,58). The molecule has 320 valence electrons. The molecule has 3 aliphatic heterocycles. The number of aromatic nitrogens is 5. The van der Waals surface area contributed by atoms with Crippen LogP contribution in [-0.4, -0.2) is 88.6 Å². The number of hydrogen-bond acceptors (Lipinski definition) is 9. The van der Waals surface area contributed by atoms with Crippen LogP contribution in [0.3, 0.4) is 0 Å². The normalized spacial score (nSPS) is 22.0. The maximum absolute atomic E-state index is 13.7. The summed E-state index contributed by atoms with van der Waals surface area (Å²) >= 11 is 0. The highest BCUT2D eigenvalue weighted by Crippen LogP contribution is 2.43. The summed E-state index contributed by atoms with van der Waals surface area (Å²) < 4.78 is 44.7. The summed E-state index contributed by atoms with van der Waals surface area (Å²) in [5, 5.41) is 21.4. The van der Waals surface area contributed by atoms with Crippen LogP contribution < -0.4 is 16.3 Å². The van der Waals surface area contributed by atoms with Crippen molar-refractivity contribution in [3.63, 3.8) is 0 Å². The Hall–Kier alpha value is -5.88. The van der Waals surface area contributed by atoms with Gasteiger partial charge in [-0.15, -0.1) is 0 Å². The van der Waals surface area contributed by atoms with Gasteiger partial charge >= 0.3 is 11.9 Å². The van der Waals surface area contributed by atoms with Crippen molar-refractivity contribution in [2.75, 3.05) is 31.5 Å². The SMILES string of the molecule is Cn1c(=O)n(C2CCC(=O)NC2=O)c2cccc(CN3CC4(C3)CN(C(=O)C3CCC(n5cc6cc(NC(=O)c7cccc(C(F)(F)F)n7)c(C(C)(C)O)cc6n5)CC3)C4)c21. The quantitative estimate of drug-likeness (QED) is 0.188. The number of alkyl halides is 3. The Kier molecular flexibility index (Phi) is 9.73. The molecule has 1 saturated carbocycles. The van der Waals surface area contributed by atoms with Crippen molar-refractivity contribution >= 4 is 51.3 Å². The van der Waals surface area contributed by atoms with E-state index < -0.39 is 41.0 Å². The molecule has 1 spiro atoms. The van der Waals surface area contributed by atoms with Crippen LogP contribution in [0.25, 0.3) is 21.9 Å². The third-order valence-electron chi connectivity index (χ3n) is 12.8. The van der Waals surface area contributed by atoms with E-state index in [-0.39, 0.29) is 53.4 Å². The van der Waals surface area contributed by atoms with Crippen LogP contribution >= 0.6 is 0 Å². The lowest BCUT2D eigenvalue weighted by Crippen LogP contribution is -2.73. The minimum Gasteiger partial charge on any atom is -0.386 e. The maximum Gasteiger partial charge on any atom is 0.433 e. The predicted molar refractivity (Wildman–Crippen MR) is 216 cm³/mol. The number of aryl methyl sites for hydroxylation is 1. The number of imide groups is 1. The molecule has 0 radical (unpaired) electrons. The fourth-order valence-electron chi connectivity index (χ4n) is 9.89. The molecule has 1 unspecified atom stereocenters. The Morgan fingerprint density at radius 3 is 2.38 bits per heavy atom. The highest BCUT2D eigenvalue weighted by molar-refractivity contribution is 6.04. The Labute approximate surface area is 347 Å². The Balaban J connectivity index is 0.802. The number of nitrogens with one attached hydrogen (secondary N) is 2. The second-order valence-corrected chi connectivity index (χ2v) is 17.8. The fraction of sp³-hybridized carbons (Fsp3) is 0.465. The second kappa shape index (κ2) is 14.6. The van der Waals surface area contributed by atoms with E-state index in [0.717, 1.165) is 49.1 Å². The zero-order valence-corrected chi connectivity index (χ0v) is 34.0. The molecular formula is C43H46F3N9O6. The van der Waals surface area contributed by atoms with E-state index in [1.165, 1.54) is 10.6 Å². The first-order chi connectivity index (χ1) is 28.9. The minimum absolute atomic E-state index is 0.0298. The van der Waals surface area contributed by atoms with Crippen molar-refractivity contribution in [1.29, 1.82) is 0 Å². The summed E-state index contributed by atoms with van der Waals surface area (Å²) in [7, 11) is 1.71.